The Morgan fingerprint density at radius 1 is 1.17 bits per heavy atom. The number of fused-ring (bicyclic) bond motifs is 1. The summed E-state index contributed by atoms with van der Waals surface area (Å²) in [6, 6.07) is 11.1. The van der Waals surface area contributed by atoms with Crippen molar-refractivity contribution in [3.8, 4) is 0 Å². The molecule has 0 spiro atoms. The Bertz CT molecular complexity index is 982. The molecule has 0 unspecified atom stereocenters. The number of anilines is 1. The minimum absolute atomic E-state index is 0.0144. The number of carbonyl (C=O) groups excluding carboxylic acids is 1. The molecule has 2 aliphatic rings. The van der Waals surface area contributed by atoms with Gasteiger partial charge in [0.15, 0.2) is 0 Å². The average molecular weight is 343 g/mol. The lowest BCUT2D eigenvalue weighted by Gasteiger charge is -2.07. The van der Waals surface area contributed by atoms with Gasteiger partial charge in [-0.25, -0.2) is 12.8 Å². The van der Waals surface area contributed by atoms with E-state index in [0.29, 0.717) is 17.7 Å². The van der Waals surface area contributed by atoms with Crippen molar-refractivity contribution >= 4 is 27.5 Å². The summed E-state index contributed by atoms with van der Waals surface area (Å²) in [5.41, 5.74) is 1.89. The van der Waals surface area contributed by atoms with Gasteiger partial charge in [0, 0.05) is 17.0 Å². The maximum absolute atomic E-state index is 13.3. The summed E-state index contributed by atoms with van der Waals surface area (Å²) in [7, 11) is -3.40. The SMILES string of the molecule is O=C(Nc1ccc2c(c1)S(=O)(=O)C=C2)[C@H]1C[C@H]1c1cccc(F)c1. The molecule has 6 heteroatoms. The third kappa shape index (κ3) is 2.63. The molecule has 0 saturated heterocycles. The van der Waals surface area contributed by atoms with Gasteiger partial charge in [0.25, 0.3) is 0 Å². The third-order valence-electron chi connectivity index (χ3n) is 4.42. The van der Waals surface area contributed by atoms with Crippen molar-refractivity contribution in [1.82, 2.24) is 0 Å². The fraction of sp³-hybridized carbons (Fsp3) is 0.167. The quantitative estimate of drug-likeness (QED) is 0.930. The first-order valence-electron chi connectivity index (χ1n) is 7.57. The van der Waals surface area contributed by atoms with E-state index in [-0.39, 0.29) is 28.5 Å². The molecule has 2 atom stereocenters. The maximum atomic E-state index is 13.3. The van der Waals surface area contributed by atoms with Crippen molar-refractivity contribution in [3.63, 3.8) is 0 Å². The number of halogens is 1. The summed E-state index contributed by atoms with van der Waals surface area (Å²) in [6.45, 7) is 0. The molecule has 4 rings (SSSR count). The molecule has 1 heterocycles. The summed E-state index contributed by atoms with van der Waals surface area (Å²) >= 11 is 0. The van der Waals surface area contributed by atoms with E-state index in [2.05, 4.69) is 5.32 Å². The van der Waals surface area contributed by atoms with Crippen LogP contribution in [0, 0.1) is 11.7 Å². The summed E-state index contributed by atoms with van der Waals surface area (Å²) in [6.07, 6.45) is 2.21. The van der Waals surface area contributed by atoms with Crippen molar-refractivity contribution in [2.75, 3.05) is 5.32 Å². The number of amides is 1. The molecule has 2 aromatic rings. The first kappa shape index (κ1) is 15.1. The van der Waals surface area contributed by atoms with Crippen molar-refractivity contribution in [1.29, 1.82) is 0 Å². The predicted octanol–water partition coefficient (Wildman–Crippen LogP) is 3.33. The first-order chi connectivity index (χ1) is 11.4. The van der Waals surface area contributed by atoms with Crippen molar-refractivity contribution < 1.29 is 17.6 Å². The number of sulfone groups is 1. The number of hydrogen-bond donors (Lipinski definition) is 1. The highest BCUT2D eigenvalue weighted by molar-refractivity contribution is 7.94. The van der Waals surface area contributed by atoms with Crippen molar-refractivity contribution in [2.24, 2.45) is 5.92 Å². The van der Waals surface area contributed by atoms with Crippen molar-refractivity contribution in [2.45, 2.75) is 17.2 Å². The van der Waals surface area contributed by atoms with Crippen LogP contribution in [0.2, 0.25) is 0 Å². The highest BCUT2D eigenvalue weighted by Gasteiger charge is 2.44. The molecule has 2 aromatic carbocycles. The lowest BCUT2D eigenvalue weighted by molar-refractivity contribution is -0.117. The zero-order chi connectivity index (χ0) is 16.9. The van der Waals surface area contributed by atoms with E-state index in [0.717, 1.165) is 11.0 Å². The number of benzene rings is 2. The zero-order valence-corrected chi connectivity index (χ0v) is 13.4. The zero-order valence-electron chi connectivity index (χ0n) is 12.6. The normalized spacial score (nSPS) is 22.9. The van der Waals surface area contributed by atoms with Crippen LogP contribution in [0.15, 0.2) is 52.8 Å². The van der Waals surface area contributed by atoms with Gasteiger partial charge < -0.3 is 5.32 Å². The Labute approximate surface area is 138 Å². The third-order valence-corrected chi connectivity index (χ3v) is 5.88. The van der Waals surface area contributed by atoms with E-state index in [1.54, 1.807) is 18.2 Å². The first-order valence-corrected chi connectivity index (χ1v) is 9.12. The lowest BCUT2D eigenvalue weighted by atomic mass is 10.1. The topological polar surface area (TPSA) is 63.2 Å². The number of hydrogen-bond acceptors (Lipinski definition) is 3. The van der Waals surface area contributed by atoms with Crippen LogP contribution in [-0.2, 0) is 14.6 Å². The molecule has 0 radical (unpaired) electrons. The monoisotopic (exact) mass is 343 g/mol. The van der Waals surface area contributed by atoms with Crippen LogP contribution >= 0.6 is 0 Å². The van der Waals surface area contributed by atoms with Gasteiger partial charge >= 0.3 is 0 Å². The Hall–Kier alpha value is -2.47. The van der Waals surface area contributed by atoms with Gasteiger partial charge in [-0.3, -0.25) is 4.79 Å². The van der Waals surface area contributed by atoms with Crippen LogP contribution in [0.1, 0.15) is 23.5 Å². The highest BCUT2D eigenvalue weighted by Crippen LogP contribution is 2.48. The molecule has 4 nitrogen and oxygen atoms in total. The van der Waals surface area contributed by atoms with Gasteiger partial charge in [-0.2, -0.15) is 0 Å². The van der Waals surface area contributed by atoms with Crippen LogP contribution in [-0.4, -0.2) is 14.3 Å². The molecule has 1 aliphatic heterocycles. The summed E-state index contributed by atoms with van der Waals surface area (Å²) in [4.78, 5) is 12.5. The molecule has 24 heavy (non-hydrogen) atoms. The van der Waals surface area contributed by atoms with Crippen LogP contribution in [0.3, 0.4) is 0 Å². The summed E-state index contributed by atoms with van der Waals surface area (Å²) in [5.74, 6) is -0.683. The number of nitrogens with one attached hydrogen (secondary N) is 1. The van der Waals surface area contributed by atoms with Crippen LogP contribution < -0.4 is 5.32 Å². The molecule has 1 N–H and O–H groups in total. The standard InChI is InChI=1S/C18H14FNO3S/c19-13-3-1-2-12(8-13)15-10-16(15)18(21)20-14-5-4-11-6-7-24(22,23)17(11)9-14/h1-9,15-16H,10H2,(H,20,21)/t15-,16-/m0/s1. The molecule has 122 valence electrons. The minimum atomic E-state index is -3.40. The predicted molar refractivity (Wildman–Crippen MR) is 88.5 cm³/mol. The Balaban J connectivity index is 1.49. The van der Waals surface area contributed by atoms with E-state index in [1.807, 2.05) is 6.07 Å². The van der Waals surface area contributed by atoms with E-state index >= 15 is 0 Å². The number of carbonyl (C=O) groups is 1. The smallest absolute Gasteiger partial charge is 0.228 e. The van der Waals surface area contributed by atoms with Gasteiger partial charge in [-0.15, -0.1) is 0 Å². The van der Waals surface area contributed by atoms with E-state index in [1.165, 1.54) is 24.3 Å². The lowest BCUT2D eigenvalue weighted by Crippen LogP contribution is -2.15. The fourth-order valence-electron chi connectivity index (χ4n) is 3.06. The Morgan fingerprint density at radius 3 is 2.79 bits per heavy atom. The molecule has 1 aliphatic carbocycles. The van der Waals surface area contributed by atoms with Crippen LogP contribution in [0.5, 0.6) is 0 Å². The summed E-state index contributed by atoms with van der Waals surface area (Å²) in [5, 5.41) is 3.92. The molecule has 1 fully saturated rings. The number of rotatable bonds is 3. The molecule has 1 amide bonds. The summed E-state index contributed by atoms with van der Waals surface area (Å²) < 4.78 is 37.0. The molecular weight excluding hydrogens is 329 g/mol. The molecule has 1 saturated carbocycles. The molecule has 0 aromatic heterocycles. The molecule has 0 bridgehead atoms. The Morgan fingerprint density at radius 2 is 2.00 bits per heavy atom. The van der Waals surface area contributed by atoms with E-state index < -0.39 is 9.84 Å². The van der Waals surface area contributed by atoms with Crippen molar-refractivity contribution in [3.05, 3.63) is 64.8 Å². The van der Waals surface area contributed by atoms with Crippen LogP contribution in [0.4, 0.5) is 10.1 Å². The van der Waals surface area contributed by atoms with Gasteiger partial charge in [0.2, 0.25) is 15.7 Å². The average Bonchev–Trinajstić information content (AvgIpc) is 3.29. The van der Waals surface area contributed by atoms with E-state index in [4.69, 9.17) is 0 Å². The Kier molecular flexibility index (Phi) is 3.31. The maximum Gasteiger partial charge on any atom is 0.228 e. The molecular formula is C18H14FNO3S. The highest BCUT2D eigenvalue weighted by atomic mass is 32.2. The van der Waals surface area contributed by atoms with Gasteiger partial charge in [-0.05, 0) is 53.8 Å². The second kappa shape index (κ2) is 5.27. The van der Waals surface area contributed by atoms with E-state index in [9.17, 15) is 17.6 Å². The van der Waals surface area contributed by atoms with Gasteiger partial charge in [0.1, 0.15) is 5.82 Å². The van der Waals surface area contributed by atoms with Gasteiger partial charge in [0.05, 0.1) is 4.90 Å². The van der Waals surface area contributed by atoms with Gasteiger partial charge in [-0.1, -0.05) is 18.2 Å². The second-order valence-corrected chi connectivity index (χ2v) is 7.90. The largest absolute Gasteiger partial charge is 0.326 e. The van der Waals surface area contributed by atoms with Crippen LogP contribution in [0.25, 0.3) is 6.08 Å². The second-order valence-electron chi connectivity index (χ2n) is 6.09. The minimum Gasteiger partial charge on any atom is -0.326 e. The fourth-order valence-corrected chi connectivity index (χ4v) is 4.29.